The van der Waals surface area contributed by atoms with Gasteiger partial charge < -0.3 is 9.13 Å². The Morgan fingerprint density at radius 1 is 0.441 bits per heavy atom. The molecule has 0 aliphatic rings. The minimum atomic E-state index is 1.05. The molecule has 0 unspecified atom stereocenters. The van der Waals surface area contributed by atoms with Crippen LogP contribution >= 0.6 is 0 Å². The zero-order valence-corrected chi connectivity index (χ0v) is 19.1. The van der Waals surface area contributed by atoms with Crippen molar-refractivity contribution in [2.75, 3.05) is 0 Å². The third kappa shape index (κ3) is 2.69. The van der Waals surface area contributed by atoms with Crippen LogP contribution in [0.3, 0.4) is 0 Å². The van der Waals surface area contributed by atoms with Crippen LogP contribution in [0.5, 0.6) is 0 Å². The lowest BCUT2D eigenvalue weighted by molar-refractivity contribution is 1.12. The van der Waals surface area contributed by atoms with Crippen molar-refractivity contribution in [3.05, 3.63) is 121 Å². The Morgan fingerprint density at radius 3 is 1.44 bits per heavy atom. The van der Waals surface area contributed by atoms with E-state index in [0.29, 0.717) is 0 Å². The zero-order valence-electron chi connectivity index (χ0n) is 19.1. The van der Waals surface area contributed by atoms with Crippen LogP contribution in [0.25, 0.3) is 55.0 Å². The lowest BCUT2D eigenvalue weighted by Crippen LogP contribution is -1.96. The summed E-state index contributed by atoms with van der Waals surface area (Å²) in [5.74, 6) is 0. The highest BCUT2D eigenvalue weighted by Crippen LogP contribution is 2.36. The van der Waals surface area contributed by atoms with Crippen molar-refractivity contribution in [1.29, 1.82) is 0 Å². The number of rotatable bonds is 3. The smallest absolute Gasteiger partial charge is 0.0542 e. The average molecular weight is 437 g/mol. The van der Waals surface area contributed by atoms with Gasteiger partial charge in [0.1, 0.15) is 0 Å². The maximum atomic E-state index is 2.40. The van der Waals surface area contributed by atoms with E-state index in [2.05, 4.69) is 131 Å². The van der Waals surface area contributed by atoms with Gasteiger partial charge in [0.05, 0.1) is 22.1 Å². The van der Waals surface area contributed by atoms with Gasteiger partial charge in [-0.15, -0.1) is 0 Å². The maximum Gasteiger partial charge on any atom is 0.0542 e. The van der Waals surface area contributed by atoms with Gasteiger partial charge in [0.25, 0.3) is 0 Å². The van der Waals surface area contributed by atoms with Crippen LogP contribution < -0.4 is 0 Å². The van der Waals surface area contributed by atoms with Crippen LogP contribution in [-0.4, -0.2) is 9.13 Å². The molecule has 0 fully saturated rings. The fraction of sp³-hybridized carbons (Fsp3) is 0.0625. The highest BCUT2D eigenvalue weighted by molar-refractivity contribution is 6.12. The van der Waals surface area contributed by atoms with E-state index < -0.39 is 0 Å². The number of para-hydroxylation sites is 3. The first-order valence-electron chi connectivity index (χ1n) is 11.9. The van der Waals surface area contributed by atoms with Gasteiger partial charge in [-0.2, -0.15) is 0 Å². The summed E-state index contributed by atoms with van der Waals surface area (Å²) in [7, 11) is 0. The Kier molecular flexibility index (Phi) is 4.16. The Labute approximate surface area is 198 Å². The van der Waals surface area contributed by atoms with Gasteiger partial charge >= 0.3 is 0 Å². The molecule has 162 valence electrons. The lowest BCUT2D eigenvalue weighted by Gasteiger charge is -2.10. The molecule has 0 saturated heterocycles. The summed E-state index contributed by atoms with van der Waals surface area (Å²) in [5, 5.41) is 5.13. The predicted molar refractivity (Wildman–Crippen MR) is 144 cm³/mol. The molecule has 2 nitrogen and oxygen atoms in total. The predicted octanol–water partition coefficient (Wildman–Crippen LogP) is 8.44. The summed E-state index contributed by atoms with van der Waals surface area (Å²) in [6.45, 7) is 2.20. The van der Waals surface area contributed by atoms with Crippen molar-refractivity contribution in [3.63, 3.8) is 0 Å². The first kappa shape index (κ1) is 19.2. The molecule has 0 aliphatic carbocycles. The van der Waals surface area contributed by atoms with Crippen LogP contribution in [0.1, 0.15) is 12.5 Å². The second-order valence-corrected chi connectivity index (χ2v) is 8.94. The zero-order chi connectivity index (χ0) is 22.6. The van der Waals surface area contributed by atoms with Gasteiger partial charge in [0.15, 0.2) is 0 Å². The molecule has 5 aromatic carbocycles. The van der Waals surface area contributed by atoms with E-state index >= 15 is 0 Å². The second-order valence-electron chi connectivity index (χ2n) is 8.94. The summed E-state index contributed by atoms with van der Waals surface area (Å²) in [6.07, 6.45) is 1.05. The molecule has 0 spiro atoms. The van der Waals surface area contributed by atoms with Gasteiger partial charge in [-0.1, -0.05) is 73.7 Å². The quantitative estimate of drug-likeness (QED) is 0.263. The maximum absolute atomic E-state index is 2.40. The van der Waals surface area contributed by atoms with Gasteiger partial charge in [-0.3, -0.25) is 0 Å². The normalized spacial score (nSPS) is 11.8. The van der Waals surface area contributed by atoms with Crippen molar-refractivity contribution in [2.24, 2.45) is 0 Å². The Bertz CT molecular complexity index is 1780. The Balaban J connectivity index is 1.54. The SMILES string of the molecule is CCc1ccc(-n2c3ccccc3c3cc(-n4c5ccccc5c5ccccc54)ccc32)cc1. The summed E-state index contributed by atoms with van der Waals surface area (Å²) < 4.78 is 4.78. The third-order valence-electron chi connectivity index (χ3n) is 7.10. The summed E-state index contributed by atoms with van der Waals surface area (Å²) in [6, 6.07) is 42.0. The number of hydrogen-bond acceptors (Lipinski definition) is 0. The van der Waals surface area contributed by atoms with E-state index in [1.807, 2.05) is 0 Å². The monoisotopic (exact) mass is 436 g/mol. The first-order chi connectivity index (χ1) is 16.8. The summed E-state index contributed by atoms with van der Waals surface area (Å²) >= 11 is 0. The van der Waals surface area contributed by atoms with E-state index in [-0.39, 0.29) is 0 Å². The average Bonchev–Trinajstić information content (AvgIpc) is 3.41. The van der Waals surface area contributed by atoms with Crippen molar-refractivity contribution >= 4 is 43.6 Å². The fourth-order valence-electron chi connectivity index (χ4n) is 5.46. The van der Waals surface area contributed by atoms with Gasteiger partial charge in [0.2, 0.25) is 0 Å². The van der Waals surface area contributed by atoms with Crippen LogP contribution in [0.4, 0.5) is 0 Å². The van der Waals surface area contributed by atoms with E-state index in [1.165, 1.54) is 60.5 Å². The Morgan fingerprint density at radius 2 is 0.882 bits per heavy atom. The molecule has 0 saturated carbocycles. The van der Waals surface area contributed by atoms with Crippen molar-refractivity contribution in [2.45, 2.75) is 13.3 Å². The summed E-state index contributed by atoms with van der Waals surface area (Å²) in [5.41, 5.74) is 8.69. The van der Waals surface area contributed by atoms with Crippen LogP contribution in [0.15, 0.2) is 115 Å². The molecule has 34 heavy (non-hydrogen) atoms. The molecule has 2 heteroatoms. The largest absolute Gasteiger partial charge is 0.309 e. The van der Waals surface area contributed by atoms with E-state index in [1.54, 1.807) is 0 Å². The molecule has 0 bridgehead atoms. The van der Waals surface area contributed by atoms with E-state index in [4.69, 9.17) is 0 Å². The van der Waals surface area contributed by atoms with Crippen LogP contribution in [-0.2, 0) is 6.42 Å². The fourth-order valence-corrected chi connectivity index (χ4v) is 5.46. The second kappa shape index (κ2) is 7.36. The minimum absolute atomic E-state index is 1.05. The number of hydrogen-bond donors (Lipinski definition) is 0. The number of benzene rings is 5. The molecule has 0 radical (unpaired) electrons. The van der Waals surface area contributed by atoms with Gasteiger partial charge in [0, 0.05) is 32.9 Å². The molecule has 0 N–H and O–H groups in total. The topological polar surface area (TPSA) is 9.86 Å². The van der Waals surface area contributed by atoms with Crippen LogP contribution in [0.2, 0.25) is 0 Å². The molecule has 7 rings (SSSR count). The number of fused-ring (bicyclic) bond motifs is 6. The molecule has 2 heterocycles. The van der Waals surface area contributed by atoms with Gasteiger partial charge in [-0.05, 0) is 60.5 Å². The van der Waals surface area contributed by atoms with Crippen molar-refractivity contribution in [1.82, 2.24) is 9.13 Å². The number of aryl methyl sites for hydroxylation is 1. The molecular weight excluding hydrogens is 412 g/mol. The molecule has 0 atom stereocenters. The molecule has 2 aromatic heterocycles. The number of nitrogens with zero attached hydrogens (tertiary/aromatic N) is 2. The minimum Gasteiger partial charge on any atom is -0.309 e. The van der Waals surface area contributed by atoms with Gasteiger partial charge in [-0.25, -0.2) is 0 Å². The summed E-state index contributed by atoms with van der Waals surface area (Å²) in [4.78, 5) is 0. The standard InChI is InChI=1S/C32H24N2/c1-2-22-15-17-23(18-16-22)33-31-14-8-5-11-27(31)28-21-24(19-20-32(28)33)34-29-12-6-3-9-25(29)26-10-4-7-13-30(26)34/h3-21H,2H2,1H3. The highest BCUT2D eigenvalue weighted by Gasteiger charge is 2.15. The molecule has 0 aliphatic heterocycles. The van der Waals surface area contributed by atoms with Crippen molar-refractivity contribution < 1.29 is 0 Å². The van der Waals surface area contributed by atoms with E-state index in [9.17, 15) is 0 Å². The molecule has 7 aromatic rings. The molecular formula is C32H24N2. The third-order valence-corrected chi connectivity index (χ3v) is 7.10. The van der Waals surface area contributed by atoms with Crippen molar-refractivity contribution in [3.8, 4) is 11.4 Å². The first-order valence-corrected chi connectivity index (χ1v) is 11.9. The highest BCUT2D eigenvalue weighted by atomic mass is 15.0. The van der Waals surface area contributed by atoms with E-state index in [0.717, 1.165) is 6.42 Å². The lowest BCUT2D eigenvalue weighted by atomic mass is 10.1. The molecule has 0 amide bonds. The Hall–Kier alpha value is -4.30. The number of aromatic nitrogens is 2. The van der Waals surface area contributed by atoms with Crippen LogP contribution in [0, 0.1) is 0 Å².